The van der Waals surface area contributed by atoms with Gasteiger partial charge >= 0.3 is 7.82 Å². The number of hydrogen-bond donors (Lipinski definition) is 3. The average molecular weight is 987 g/mol. The second-order valence-electron chi connectivity index (χ2n) is 22.4. The molecule has 1 amide bonds. The van der Waals surface area contributed by atoms with Crippen molar-refractivity contribution in [2.75, 3.05) is 40.9 Å². The molecule has 8 nitrogen and oxygen atoms in total. The first-order chi connectivity index (χ1) is 33.0. The predicted molar refractivity (Wildman–Crippen MR) is 296 cm³/mol. The lowest BCUT2D eigenvalue weighted by Gasteiger charge is -2.26. The van der Waals surface area contributed by atoms with Crippen molar-refractivity contribution < 1.29 is 32.9 Å². The fraction of sp³-hybridized carbons (Fsp3) is 0.983. The van der Waals surface area contributed by atoms with Crippen LogP contribution in [0.4, 0.5) is 0 Å². The number of likely N-dealkylation sites (N-methyl/N-ethyl adjacent to an activating group) is 1. The first kappa shape index (κ1) is 67.5. The van der Waals surface area contributed by atoms with E-state index in [9.17, 15) is 19.4 Å². The van der Waals surface area contributed by atoms with Gasteiger partial charge in [-0.15, -0.1) is 0 Å². The van der Waals surface area contributed by atoms with Crippen LogP contribution in [0, 0.1) is 0 Å². The number of rotatable bonds is 57. The Bertz CT molecular complexity index is 1070. The number of aliphatic hydroxyl groups is 1. The van der Waals surface area contributed by atoms with Gasteiger partial charge in [0.05, 0.1) is 39.9 Å². The number of nitrogens with zero attached hydrogens (tertiary/aromatic N) is 1. The van der Waals surface area contributed by atoms with Crippen LogP contribution in [0.5, 0.6) is 0 Å². The van der Waals surface area contributed by atoms with Gasteiger partial charge in [0.25, 0.3) is 0 Å². The zero-order valence-corrected chi connectivity index (χ0v) is 47.5. The summed E-state index contributed by atoms with van der Waals surface area (Å²) in [6, 6.07) is -0.755. The lowest BCUT2D eigenvalue weighted by atomic mass is 10.0. The van der Waals surface area contributed by atoms with Crippen molar-refractivity contribution in [3.05, 3.63) is 0 Å². The number of carbonyl (C=O) groups excluding carboxylic acids is 1. The number of unbranched alkanes of at least 4 members (excludes halogenated alkanes) is 44. The van der Waals surface area contributed by atoms with Crippen molar-refractivity contribution >= 4 is 13.7 Å². The summed E-state index contributed by atoms with van der Waals surface area (Å²) < 4.78 is 23.8. The van der Waals surface area contributed by atoms with Gasteiger partial charge in [-0.1, -0.05) is 303 Å². The van der Waals surface area contributed by atoms with Crippen molar-refractivity contribution in [2.45, 2.75) is 334 Å². The maximum Gasteiger partial charge on any atom is 0.472 e. The number of phosphoric ester groups is 1. The van der Waals surface area contributed by atoms with Crippen LogP contribution in [0.15, 0.2) is 0 Å². The fourth-order valence-electron chi connectivity index (χ4n) is 9.58. The van der Waals surface area contributed by atoms with E-state index in [2.05, 4.69) is 19.2 Å². The molecule has 0 aliphatic rings. The summed E-state index contributed by atoms with van der Waals surface area (Å²) in [6.45, 7) is 4.95. The Morgan fingerprint density at radius 2 is 0.706 bits per heavy atom. The highest BCUT2D eigenvalue weighted by atomic mass is 31.2. The van der Waals surface area contributed by atoms with E-state index in [-0.39, 0.29) is 19.1 Å². The quantitative estimate of drug-likeness (QED) is 0.0319. The molecule has 0 rings (SSSR count). The summed E-state index contributed by atoms with van der Waals surface area (Å²) in [5.41, 5.74) is 0. The molecule has 0 radical (unpaired) electrons. The first-order valence-electron chi connectivity index (χ1n) is 30.4. The molecule has 0 fully saturated rings. The smallest absolute Gasteiger partial charge is 0.391 e. The van der Waals surface area contributed by atoms with Crippen molar-refractivity contribution in [1.82, 2.24) is 5.32 Å². The minimum atomic E-state index is -4.32. The number of nitrogens with one attached hydrogen (secondary N) is 1. The topological polar surface area (TPSA) is 105 Å². The summed E-state index contributed by atoms with van der Waals surface area (Å²) in [4.78, 5) is 23.4. The van der Waals surface area contributed by atoms with Gasteiger partial charge < -0.3 is 19.8 Å². The minimum Gasteiger partial charge on any atom is -0.391 e. The van der Waals surface area contributed by atoms with Crippen LogP contribution in [-0.4, -0.2) is 73.4 Å². The highest BCUT2D eigenvalue weighted by Gasteiger charge is 2.28. The summed E-state index contributed by atoms with van der Waals surface area (Å²) in [6.07, 6.45) is 61.6. The summed E-state index contributed by atoms with van der Waals surface area (Å²) >= 11 is 0. The first-order valence-corrected chi connectivity index (χ1v) is 31.9. The molecule has 0 aliphatic heterocycles. The van der Waals surface area contributed by atoms with Crippen molar-refractivity contribution in [3.63, 3.8) is 0 Å². The summed E-state index contributed by atoms with van der Waals surface area (Å²) in [7, 11) is 1.64. The lowest BCUT2D eigenvalue weighted by Crippen LogP contribution is -2.46. The highest BCUT2D eigenvalue weighted by molar-refractivity contribution is 7.47. The van der Waals surface area contributed by atoms with Crippen LogP contribution < -0.4 is 5.32 Å². The molecule has 3 atom stereocenters. The van der Waals surface area contributed by atoms with Crippen molar-refractivity contribution in [3.8, 4) is 0 Å². The van der Waals surface area contributed by atoms with Gasteiger partial charge in [-0.2, -0.15) is 0 Å². The average Bonchev–Trinajstić information content (AvgIpc) is 3.30. The molecule has 0 saturated heterocycles. The molecule has 0 aromatic carbocycles. The van der Waals surface area contributed by atoms with Crippen molar-refractivity contribution in [2.24, 2.45) is 0 Å². The molecule has 0 spiro atoms. The van der Waals surface area contributed by atoms with E-state index in [1.807, 2.05) is 21.1 Å². The number of hydrogen-bond acceptors (Lipinski definition) is 5. The Labute approximate surface area is 425 Å². The van der Waals surface area contributed by atoms with Crippen LogP contribution >= 0.6 is 7.82 Å². The van der Waals surface area contributed by atoms with Crippen molar-refractivity contribution in [1.29, 1.82) is 0 Å². The largest absolute Gasteiger partial charge is 0.472 e. The molecule has 0 aliphatic carbocycles. The molecule has 0 heterocycles. The third-order valence-corrected chi connectivity index (χ3v) is 15.3. The number of phosphoric acid groups is 1. The fourth-order valence-corrected chi connectivity index (χ4v) is 10.3. The highest BCUT2D eigenvalue weighted by Crippen LogP contribution is 2.43. The molecule has 0 aromatic heterocycles. The molecule has 68 heavy (non-hydrogen) atoms. The molecule has 0 saturated carbocycles. The maximum atomic E-state index is 13.0. The van der Waals surface area contributed by atoms with Gasteiger partial charge in [0.2, 0.25) is 5.91 Å². The molecule has 3 unspecified atom stereocenters. The van der Waals surface area contributed by atoms with Gasteiger partial charge in [-0.05, 0) is 12.8 Å². The normalized spacial score (nSPS) is 13.8. The Morgan fingerprint density at radius 1 is 0.441 bits per heavy atom. The third-order valence-electron chi connectivity index (χ3n) is 14.4. The van der Waals surface area contributed by atoms with E-state index in [4.69, 9.17) is 9.05 Å². The molecular weight excluding hydrogens is 864 g/mol. The SMILES string of the molecule is CCCCCCCCCCCCCCCCCCCCCCCCCC(=O)NC(COP(=O)(O)OCC[N+](C)(C)C)C(O)CCCCCCCCCCCCCCCCCCCCCCCCC. The van der Waals surface area contributed by atoms with E-state index in [1.54, 1.807) is 0 Å². The van der Waals surface area contributed by atoms with Crippen LogP contribution in [0.25, 0.3) is 0 Å². The standard InChI is InChI=1S/C59H121N2O6P/c1-6-8-10-12-14-16-18-20-22-24-26-28-30-32-34-36-38-40-42-44-46-48-50-52-58(62)57(56-67-68(64,65)66-55-54-61(3,4)5)60-59(63)53-51-49-47-45-43-41-39-37-35-33-31-29-27-25-23-21-19-17-15-13-11-9-7-2/h57-58,62H,6-56H2,1-5H3,(H-,60,63,64,65)/p+1. The van der Waals surface area contributed by atoms with Gasteiger partial charge in [0, 0.05) is 6.42 Å². The monoisotopic (exact) mass is 986 g/mol. The zero-order chi connectivity index (χ0) is 49.9. The number of quaternary nitrogens is 1. The van der Waals surface area contributed by atoms with Gasteiger partial charge in [0.1, 0.15) is 13.2 Å². The number of amides is 1. The molecule has 9 heteroatoms. The minimum absolute atomic E-state index is 0.0793. The summed E-state index contributed by atoms with van der Waals surface area (Å²) in [5.74, 6) is -0.135. The maximum absolute atomic E-state index is 13.0. The second kappa shape index (κ2) is 51.4. The predicted octanol–water partition coefficient (Wildman–Crippen LogP) is 18.4. The third kappa shape index (κ3) is 53.3. The Kier molecular flexibility index (Phi) is 51.0. The molecule has 408 valence electrons. The van der Waals surface area contributed by atoms with Gasteiger partial charge in [-0.3, -0.25) is 13.8 Å². The van der Waals surface area contributed by atoms with Crippen LogP contribution in [0.2, 0.25) is 0 Å². The Balaban J connectivity index is 4.10. The van der Waals surface area contributed by atoms with Crippen LogP contribution in [0.1, 0.15) is 322 Å². The van der Waals surface area contributed by atoms with Gasteiger partial charge in [-0.25, -0.2) is 4.57 Å². The van der Waals surface area contributed by atoms with E-state index in [1.165, 1.54) is 257 Å². The van der Waals surface area contributed by atoms with E-state index >= 15 is 0 Å². The van der Waals surface area contributed by atoms with E-state index in [0.29, 0.717) is 23.9 Å². The van der Waals surface area contributed by atoms with E-state index in [0.717, 1.165) is 38.5 Å². The molecular formula is C59H122N2O6P+. The molecule has 3 N–H and O–H groups in total. The Hall–Kier alpha value is -0.500. The summed E-state index contributed by atoms with van der Waals surface area (Å²) in [5, 5.41) is 14.1. The lowest BCUT2D eigenvalue weighted by molar-refractivity contribution is -0.870. The molecule has 0 aromatic rings. The van der Waals surface area contributed by atoms with E-state index < -0.39 is 20.0 Å². The van der Waals surface area contributed by atoms with Crippen LogP contribution in [0.3, 0.4) is 0 Å². The Morgan fingerprint density at radius 3 is 0.985 bits per heavy atom. The van der Waals surface area contributed by atoms with Crippen LogP contribution in [-0.2, 0) is 18.4 Å². The number of carbonyl (C=O) groups is 1. The zero-order valence-electron chi connectivity index (χ0n) is 46.6. The second-order valence-corrected chi connectivity index (χ2v) is 23.9. The van der Waals surface area contributed by atoms with Gasteiger partial charge in [0.15, 0.2) is 0 Å². The number of aliphatic hydroxyl groups excluding tert-OH is 1. The molecule has 0 bridgehead atoms.